The van der Waals surface area contributed by atoms with Gasteiger partial charge in [0.2, 0.25) is 0 Å². The molecule has 0 unspecified atom stereocenters. The molecule has 2 aromatic carbocycles. The van der Waals surface area contributed by atoms with Gasteiger partial charge < -0.3 is 10.1 Å². The number of alkyl halides is 3. The zero-order valence-corrected chi connectivity index (χ0v) is 14.5. The molecule has 0 aliphatic heterocycles. The van der Waals surface area contributed by atoms with E-state index in [2.05, 4.69) is 15.3 Å². The second-order valence-electron chi connectivity index (χ2n) is 5.84. The number of carbonyl (C=O) groups is 2. The van der Waals surface area contributed by atoms with Crippen LogP contribution < -0.4 is 5.32 Å². The van der Waals surface area contributed by atoms with Gasteiger partial charge in [0.1, 0.15) is 0 Å². The number of hydrogen-bond donors (Lipinski definition) is 1. The van der Waals surface area contributed by atoms with Crippen LogP contribution in [0.1, 0.15) is 22.8 Å². The Morgan fingerprint density at radius 3 is 2.43 bits per heavy atom. The molecule has 0 aliphatic carbocycles. The highest BCUT2D eigenvalue weighted by Crippen LogP contribution is 2.34. The van der Waals surface area contributed by atoms with Gasteiger partial charge in [-0.05, 0) is 37.3 Å². The Balaban J connectivity index is 1.71. The van der Waals surface area contributed by atoms with Crippen molar-refractivity contribution in [1.82, 2.24) is 9.97 Å². The first kappa shape index (κ1) is 19.3. The van der Waals surface area contributed by atoms with Crippen LogP contribution in [0.25, 0.3) is 11.0 Å². The molecular formula is C19H14F3N3O3. The average molecular weight is 389 g/mol. The number of halogens is 3. The maximum Gasteiger partial charge on any atom is 0.418 e. The van der Waals surface area contributed by atoms with Crippen molar-refractivity contribution in [1.29, 1.82) is 0 Å². The molecule has 0 fully saturated rings. The van der Waals surface area contributed by atoms with E-state index in [0.717, 1.165) is 12.1 Å². The van der Waals surface area contributed by atoms with Gasteiger partial charge in [-0.1, -0.05) is 12.1 Å². The molecular weight excluding hydrogens is 375 g/mol. The van der Waals surface area contributed by atoms with Crippen LogP contribution in [0.2, 0.25) is 0 Å². The molecule has 0 radical (unpaired) electrons. The molecule has 3 rings (SSSR count). The minimum Gasteiger partial charge on any atom is -0.449 e. The Morgan fingerprint density at radius 1 is 1.04 bits per heavy atom. The topological polar surface area (TPSA) is 81.2 Å². The highest BCUT2D eigenvalue weighted by Gasteiger charge is 2.34. The minimum atomic E-state index is -4.63. The van der Waals surface area contributed by atoms with Gasteiger partial charge in [-0.3, -0.25) is 14.8 Å². The van der Waals surface area contributed by atoms with E-state index in [1.54, 1.807) is 6.07 Å². The molecule has 3 aromatic rings. The normalized spacial score (nSPS) is 12.4. The highest BCUT2D eigenvalue weighted by molar-refractivity contribution is 5.98. The smallest absolute Gasteiger partial charge is 0.418 e. The number of esters is 1. The van der Waals surface area contributed by atoms with Crippen LogP contribution in [0.15, 0.2) is 54.9 Å². The molecule has 9 heteroatoms. The number of hydrogen-bond acceptors (Lipinski definition) is 5. The number of amides is 1. The lowest BCUT2D eigenvalue weighted by atomic mass is 10.1. The fraction of sp³-hybridized carbons (Fsp3) is 0.158. The summed E-state index contributed by atoms with van der Waals surface area (Å²) in [6.45, 7) is 1.27. The summed E-state index contributed by atoms with van der Waals surface area (Å²) >= 11 is 0. The van der Waals surface area contributed by atoms with E-state index in [1.807, 2.05) is 0 Å². The van der Waals surface area contributed by atoms with Gasteiger partial charge in [0.05, 0.1) is 27.8 Å². The number of rotatable bonds is 4. The summed E-state index contributed by atoms with van der Waals surface area (Å²) in [5.74, 6) is -1.69. The van der Waals surface area contributed by atoms with Crippen molar-refractivity contribution in [3.63, 3.8) is 0 Å². The minimum absolute atomic E-state index is 0.142. The number of benzene rings is 2. The highest BCUT2D eigenvalue weighted by atomic mass is 19.4. The zero-order chi connectivity index (χ0) is 20.3. The Morgan fingerprint density at radius 2 is 1.71 bits per heavy atom. The van der Waals surface area contributed by atoms with E-state index in [-0.39, 0.29) is 5.56 Å². The van der Waals surface area contributed by atoms with E-state index < -0.39 is 35.4 Å². The summed E-state index contributed by atoms with van der Waals surface area (Å²) in [4.78, 5) is 32.6. The van der Waals surface area contributed by atoms with E-state index in [9.17, 15) is 22.8 Å². The number of nitrogens with zero attached hydrogens (tertiary/aromatic N) is 2. The molecule has 0 saturated carbocycles. The predicted molar refractivity (Wildman–Crippen MR) is 94.5 cm³/mol. The molecule has 1 aromatic heterocycles. The molecule has 28 heavy (non-hydrogen) atoms. The number of anilines is 1. The van der Waals surface area contributed by atoms with Crippen molar-refractivity contribution in [2.24, 2.45) is 0 Å². The van der Waals surface area contributed by atoms with Crippen LogP contribution in [-0.2, 0) is 15.7 Å². The van der Waals surface area contributed by atoms with Gasteiger partial charge in [0.25, 0.3) is 5.91 Å². The molecule has 1 heterocycles. The molecule has 1 N–H and O–H groups in total. The quantitative estimate of drug-likeness (QED) is 0.686. The van der Waals surface area contributed by atoms with Gasteiger partial charge >= 0.3 is 12.1 Å². The van der Waals surface area contributed by atoms with Crippen molar-refractivity contribution >= 4 is 28.6 Å². The summed E-state index contributed by atoms with van der Waals surface area (Å²) in [7, 11) is 0. The zero-order valence-electron chi connectivity index (χ0n) is 14.5. The lowest BCUT2D eigenvalue weighted by Gasteiger charge is -2.17. The molecule has 1 amide bonds. The summed E-state index contributed by atoms with van der Waals surface area (Å²) < 4.78 is 44.1. The second-order valence-corrected chi connectivity index (χ2v) is 5.84. The SMILES string of the molecule is C[C@@H](OC(=O)c1ccc2nccnc2c1)C(=O)Nc1ccccc1C(F)(F)F. The van der Waals surface area contributed by atoms with Crippen molar-refractivity contribution in [2.75, 3.05) is 5.32 Å². The lowest BCUT2D eigenvalue weighted by molar-refractivity contribution is -0.137. The molecule has 144 valence electrons. The first-order chi connectivity index (χ1) is 13.3. The first-order valence-electron chi connectivity index (χ1n) is 8.14. The molecule has 0 aliphatic rings. The number of fused-ring (bicyclic) bond motifs is 1. The van der Waals surface area contributed by atoms with Crippen molar-refractivity contribution in [3.8, 4) is 0 Å². The van der Waals surface area contributed by atoms with E-state index >= 15 is 0 Å². The summed E-state index contributed by atoms with van der Waals surface area (Å²) in [5, 5.41) is 2.14. The van der Waals surface area contributed by atoms with Crippen LogP contribution in [-0.4, -0.2) is 27.9 Å². The monoisotopic (exact) mass is 389 g/mol. The Hall–Kier alpha value is -3.49. The third-order valence-corrected chi connectivity index (χ3v) is 3.85. The molecule has 1 atom stereocenters. The van der Waals surface area contributed by atoms with Gasteiger partial charge in [-0.15, -0.1) is 0 Å². The van der Waals surface area contributed by atoms with Crippen LogP contribution >= 0.6 is 0 Å². The Kier molecular flexibility index (Phi) is 5.25. The summed E-state index contributed by atoms with van der Waals surface area (Å²) in [5.41, 5.74) is -0.219. The number of nitrogens with one attached hydrogen (secondary N) is 1. The molecule has 0 saturated heterocycles. The van der Waals surface area contributed by atoms with Crippen LogP contribution in [0.5, 0.6) is 0 Å². The van der Waals surface area contributed by atoms with Crippen LogP contribution in [0, 0.1) is 0 Å². The number of carbonyl (C=O) groups excluding carboxylic acids is 2. The third-order valence-electron chi connectivity index (χ3n) is 3.85. The van der Waals surface area contributed by atoms with E-state index in [1.165, 1.54) is 43.6 Å². The Bertz CT molecular complexity index is 1040. The standard InChI is InChI=1S/C19H14F3N3O3/c1-11(17(26)25-14-5-3-2-4-13(14)19(20,21)22)28-18(27)12-6-7-15-16(10-12)24-9-8-23-15/h2-11H,1H3,(H,25,26)/t11-/m1/s1. The fourth-order valence-corrected chi connectivity index (χ4v) is 2.45. The van der Waals surface area contributed by atoms with E-state index in [4.69, 9.17) is 4.74 Å². The number of para-hydroxylation sites is 1. The maximum atomic E-state index is 13.0. The number of ether oxygens (including phenoxy) is 1. The molecule has 0 bridgehead atoms. The summed E-state index contributed by atoms with van der Waals surface area (Å²) in [6.07, 6.45) is -2.97. The second kappa shape index (κ2) is 7.63. The molecule has 6 nitrogen and oxygen atoms in total. The van der Waals surface area contributed by atoms with Gasteiger partial charge in [0, 0.05) is 12.4 Å². The van der Waals surface area contributed by atoms with Crippen molar-refractivity contribution in [3.05, 3.63) is 66.0 Å². The lowest BCUT2D eigenvalue weighted by Crippen LogP contribution is -2.30. The van der Waals surface area contributed by atoms with Crippen LogP contribution in [0.3, 0.4) is 0 Å². The predicted octanol–water partition coefficient (Wildman–Crippen LogP) is 3.83. The van der Waals surface area contributed by atoms with E-state index in [0.29, 0.717) is 11.0 Å². The summed E-state index contributed by atoms with van der Waals surface area (Å²) in [6, 6.07) is 9.03. The van der Waals surface area contributed by atoms with Crippen LogP contribution in [0.4, 0.5) is 18.9 Å². The van der Waals surface area contributed by atoms with Crippen molar-refractivity contribution in [2.45, 2.75) is 19.2 Å². The van der Waals surface area contributed by atoms with Gasteiger partial charge in [0.15, 0.2) is 6.10 Å². The number of aromatic nitrogens is 2. The third kappa shape index (κ3) is 4.25. The Labute approximate surface area is 157 Å². The fourth-order valence-electron chi connectivity index (χ4n) is 2.45. The molecule has 0 spiro atoms. The average Bonchev–Trinajstić information content (AvgIpc) is 2.67. The largest absolute Gasteiger partial charge is 0.449 e. The maximum absolute atomic E-state index is 13.0. The van der Waals surface area contributed by atoms with Crippen molar-refractivity contribution < 1.29 is 27.5 Å². The first-order valence-corrected chi connectivity index (χ1v) is 8.14. The van der Waals surface area contributed by atoms with Gasteiger partial charge in [-0.2, -0.15) is 13.2 Å². The van der Waals surface area contributed by atoms with Gasteiger partial charge in [-0.25, -0.2) is 4.79 Å².